The van der Waals surface area contributed by atoms with Crippen LogP contribution in [0.3, 0.4) is 0 Å². The van der Waals surface area contributed by atoms with E-state index < -0.39 is 0 Å². The van der Waals surface area contributed by atoms with E-state index >= 15 is 0 Å². The van der Waals surface area contributed by atoms with Crippen molar-refractivity contribution in [1.82, 2.24) is 20.2 Å². The van der Waals surface area contributed by atoms with Crippen LogP contribution in [0.15, 0.2) is 30.5 Å². The second kappa shape index (κ2) is 5.07. The third kappa shape index (κ3) is 2.38. The average Bonchev–Trinajstić information content (AvgIpc) is 2.85. The van der Waals surface area contributed by atoms with Gasteiger partial charge in [0.2, 0.25) is 0 Å². The molecule has 0 spiro atoms. The van der Waals surface area contributed by atoms with Crippen molar-refractivity contribution >= 4 is 16.9 Å². The molecule has 108 valence electrons. The van der Waals surface area contributed by atoms with Crippen LogP contribution in [0, 0.1) is 0 Å². The van der Waals surface area contributed by atoms with Crippen molar-refractivity contribution in [2.75, 3.05) is 13.1 Å². The minimum Gasteiger partial charge on any atom is -0.336 e. The van der Waals surface area contributed by atoms with Crippen LogP contribution in [0.4, 0.5) is 0 Å². The fraction of sp³-hybridized carbons (Fsp3) is 0.438. The van der Waals surface area contributed by atoms with Crippen LogP contribution in [0.2, 0.25) is 0 Å². The van der Waals surface area contributed by atoms with Crippen molar-refractivity contribution in [3.8, 4) is 0 Å². The average molecular weight is 282 g/mol. The molecule has 2 atom stereocenters. The number of rotatable bonds is 1. The molecule has 3 heterocycles. The third-order valence-electron chi connectivity index (χ3n) is 4.48. The van der Waals surface area contributed by atoms with Crippen LogP contribution in [0.1, 0.15) is 29.8 Å². The summed E-state index contributed by atoms with van der Waals surface area (Å²) in [5.74, 6) is 0.00241. The van der Waals surface area contributed by atoms with Crippen molar-refractivity contribution in [3.63, 3.8) is 0 Å². The summed E-state index contributed by atoms with van der Waals surface area (Å²) in [6.07, 6.45) is 5.03. The van der Waals surface area contributed by atoms with E-state index in [9.17, 15) is 4.79 Å². The molecular formula is C16H18N4O. The lowest BCUT2D eigenvalue weighted by molar-refractivity contribution is 0.0742. The lowest BCUT2D eigenvalue weighted by atomic mass is 10.1. The van der Waals surface area contributed by atoms with E-state index in [4.69, 9.17) is 0 Å². The van der Waals surface area contributed by atoms with Gasteiger partial charge in [-0.25, -0.2) is 4.98 Å². The molecular weight excluding hydrogens is 264 g/mol. The van der Waals surface area contributed by atoms with Crippen molar-refractivity contribution in [2.24, 2.45) is 0 Å². The normalized spacial score (nSPS) is 25.0. The Labute approximate surface area is 123 Å². The quantitative estimate of drug-likeness (QED) is 0.863. The van der Waals surface area contributed by atoms with Crippen LogP contribution in [-0.2, 0) is 0 Å². The van der Waals surface area contributed by atoms with E-state index in [1.54, 1.807) is 6.20 Å². The first-order chi connectivity index (χ1) is 10.3. The lowest BCUT2D eigenvalue weighted by Crippen LogP contribution is -2.39. The Morgan fingerprint density at radius 3 is 2.86 bits per heavy atom. The number of benzene rings is 1. The third-order valence-corrected chi connectivity index (χ3v) is 4.48. The molecule has 4 rings (SSSR count). The Balaban J connectivity index is 1.60. The Hall–Kier alpha value is -2.01. The summed E-state index contributed by atoms with van der Waals surface area (Å²) in [7, 11) is 0. The number of nitrogens with zero attached hydrogens (tertiary/aromatic N) is 3. The zero-order valence-electron chi connectivity index (χ0n) is 11.8. The second-order valence-corrected chi connectivity index (χ2v) is 5.92. The molecule has 2 saturated heterocycles. The standard InChI is InChI=1S/C16H18N4O/c21-16(20-8-7-11-5-6-12(10-20)18-11)15-9-17-13-3-1-2-4-14(13)19-15/h1-4,9,11-12,18H,5-8,10H2. The monoisotopic (exact) mass is 282 g/mol. The maximum Gasteiger partial charge on any atom is 0.274 e. The molecule has 2 aliphatic rings. The molecule has 2 aliphatic heterocycles. The molecule has 2 aromatic rings. The largest absolute Gasteiger partial charge is 0.336 e. The van der Waals surface area contributed by atoms with Gasteiger partial charge in [-0.3, -0.25) is 9.78 Å². The topological polar surface area (TPSA) is 58.1 Å². The van der Waals surface area contributed by atoms with Crippen LogP contribution < -0.4 is 5.32 Å². The molecule has 2 unspecified atom stereocenters. The van der Waals surface area contributed by atoms with Crippen molar-refractivity contribution in [2.45, 2.75) is 31.3 Å². The summed E-state index contributed by atoms with van der Waals surface area (Å²) >= 11 is 0. The summed E-state index contributed by atoms with van der Waals surface area (Å²) in [4.78, 5) is 23.4. The molecule has 2 fully saturated rings. The van der Waals surface area contributed by atoms with Crippen LogP contribution in [-0.4, -0.2) is 45.9 Å². The van der Waals surface area contributed by atoms with Crippen LogP contribution in [0.5, 0.6) is 0 Å². The van der Waals surface area contributed by atoms with Gasteiger partial charge >= 0.3 is 0 Å². The zero-order chi connectivity index (χ0) is 14.2. The Kier molecular flexibility index (Phi) is 3.07. The molecule has 21 heavy (non-hydrogen) atoms. The minimum atomic E-state index is 0.00241. The van der Waals surface area contributed by atoms with E-state index in [1.807, 2.05) is 29.2 Å². The first kappa shape index (κ1) is 12.7. The Bertz CT molecular complexity index is 687. The number of hydrogen-bond acceptors (Lipinski definition) is 4. The van der Waals surface area contributed by atoms with E-state index in [0.717, 1.165) is 37.0 Å². The number of likely N-dealkylation sites (tertiary alicyclic amines) is 1. The second-order valence-electron chi connectivity index (χ2n) is 5.92. The highest BCUT2D eigenvalue weighted by atomic mass is 16.2. The first-order valence-electron chi connectivity index (χ1n) is 7.57. The number of aromatic nitrogens is 2. The SMILES string of the molecule is O=C(c1cnc2ccccc2n1)N1CCC2CCC(C1)N2. The molecule has 1 amide bonds. The molecule has 1 aromatic heterocycles. The van der Waals surface area contributed by atoms with Gasteiger partial charge in [0.25, 0.3) is 5.91 Å². The van der Waals surface area contributed by atoms with Gasteiger partial charge in [-0.15, -0.1) is 0 Å². The summed E-state index contributed by atoms with van der Waals surface area (Å²) in [5.41, 5.74) is 2.05. The maximum atomic E-state index is 12.7. The van der Waals surface area contributed by atoms with Gasteiger partial charge in [-0.2, -0.15) is 0 Å². The fourth-order valence-electron chi connectivity index (χ4n) is 3.35. The van der Waals surface area contributed by atoms with E-state index in [0.29, 0.717) is 17.8 Å². The molecule has 1 N–H and O–H groups in total. The molecule has 0 radical (unpaired) electrons. The highest BCUT2D eigenvalue weighted by Crippen LogP contribution is 2.21. The number of carbonyl (C=O) groups excluding carboxylic acids is 1. The number of para-hydroxylation sites is 2. The zero-order valence-corrected chi connectivity index (χ0v) is 11.8. The molecule has 5 heteroatoms. The maximum absolute atomic E-state index is 12.7. The van der Waals surface area contributed by atoms with Gasteiger partial charge in [0.05, 0.1) is 17.2 Å². The Morgan fingerprint density at radius 1 is 1.14 bits per heavy atom. The summed E-state index contributed by atoms with van der Waals surface area (Å²) < 4.78 is 0. The van der Waals surface area contributed by atoms with E-state index in [1.165, 1.54) is 6.42 Å². The first-order valence-corrected chi connectivity index (χ1v) is 7.57. The predicted octanol–water partition coefficient (Wildman–Crippen LogP) is 1.60. The molecule has 0 aliphatic carbocycles. The number of carbonyl (C=O) groups is 1. The van der Waals surface area contributed by atoms with Gasteiger partial charge in [0, 0.05) is 25.2 Å². The lowest BCUT2D eigenvalue weighted by Gasteiger charge is -2.23. The van der Waals surface area contributed by atoms with Gasteiger partial charge in [-0.05, 0) is 31.4 Å². The van der Waals surface area contributed by atoms with Crippen molar-refractivity contribution in [1.29, 1.82) is 0 Å². The fourth-order valence-corrected chi connectivity index (χ4v) is 3.35. The van der Waals surface area contributed by atoms with Crippen molar-refractivity contribution in [3.05, 3.63) is 36.2 Å². The molecule has 2 bridgehead atoms. The van der Waals surface area contributed by atoms with Gasteiger partial charge in [-0.1, -0.05) is 12.1 Å². The van der Waals surface area contributed by atoms with E-state index in [-0.39, 0.29) is 5.91 Å². The summed E-state index contributed by atoms with van der Waals surface area (Å²) in [6, 6.07) is 8.66. The highest BCUT2D eigenvalue weighted by Gasteiger charge is 2.31. The van der Waals surface area contributed by atoms with Crippen molar-refractivity contribution < 1.29 is 4.79 Å². The smallest absolute Gasteiger partial charge is 0.274 e. The van der Waals surface area contributed by atoms with Gasteiger partial charge in [0.15, 0.2) is 0 Å². The Morgan fingerprint density at radius 2 is 1.95 bits per heavy atom. The van der Waals surface area contributed by atoms with Gasteiger partial charge in [0.1, 0.15) is 5.69 Å². The molecule has 5 nitrogen and oxygen atoms in total. The molecule has 0 saturated carbocycles. The summed E-state index contributed by atoms with van der Waals surface area (Å²) in [5, 5.41) is 3.59. The highest BCUT2D eigenvalue weighted by molar-refractivity contribution is 5.93. The predicted molar refractivity (Wildman–Crippen MR) is 80.0 cm³/mol. The number of hydrogen-bond donors (Lipinski definition) is 1. The van der Waals surface area contributed by atoms with E-state index in [2.05, 4.69) is 15.3 Å². The number of fused-ring (bicyclic) bond motifs is 3. The van der Waals surface area contributed by atoms with Crippen LogP contribution >= 0.6 is 0 Å². The number of nitrogens with one attached hydrogen (secondary N) is 1. The number of amides is 1. The summed E-state index contributed by atoms with van der Waals surface area (Å²) in [6.45, 7) is 1.59. The van der Waals surface area contributed by atoms with Gasteiger partial charge < -0.3 is 10.2 Å². The minimum absolute atomic E-state index is 0.00241. The molecule has 1 aromatic carbocycles. The van der Waals surface area contributed by atoms with Crippen LogP contribution in [0.25, 0.3) is 11.0 Å².